The van der Waals surface area contributed by atoms with Crippen LogP contribution in [0.25, 0.3) is 0 Å². The van der Waals surface area contributed by atoms with Gasteiger partial charge < -0.3 is 10.0 Å². The molecule has 0 radical (unpaired) electrons. The van der Waals surface area contributed by atoms with Gasteiger partial charge in [-0.1, -0.05) is 0 Å². The van der Waals surface area contributed by atoms with Gasteiger partial charge >= 0.3 is 0 Å². The summed E-state index contributed by atoms with van der Waals surface area (Å²) in [6, 6.07) is -0.329. The van der Waals surface area contributed by atoms with Crippen LogP contribution >= 0.6 is 0 Å². The molecule has 1 aromatic rings. The number of carbonyl (C=O) groups is 1. The van der Waals surface area contributed by atoms with Crippen LogP contribution in [0.5, 0.6) is 0 Å². The summed E-state index contributed by atoms with van der Waals surface area (Å²) in [4.78, 5) is 13.6. The molecule has 104 valence electrons. The summed E-state index contributed by atoms with van der Waals surface area (Å²) in [6.07, 6.45) is 4.68. The first-order valence-corrected chi connectivity index (χ1v) is 6.65. The van der Waals surface area contributed by atoms with Crippen molar-refractivity contribution in [2.45, 2.75) is 43.5 Å². The zero-order valence-corrected chi connectivity index (χ0v) is 10.9. The Hall–Kier alpha value is -1.43. The molecular weight excluding hydrogens is 249 g/mol. The maximum absolute atomic E-state index is 13.9. The van der Waals surface area contributed by atoms with E-state index in [0.717, 1.165) is 5.56 Å². The number of aliphatic hydroxyl groups excluding tert-OH is 1. The number of hydrogen-bond acceptors (Lipinski definition) is 3. The highest BCUT2D eigenvalue weighted by molar-refractivity contribution is 5.88. The van der Waals surface area contributed by atoms with Crippen LogP contribution in [-0.4, -0.2) is 50.1 Å². The number of rotatable bonds is 3. The lowest BCUT2D eigenvalue weighted by Gasteiger charge is -2.27. The zero-order valence-electron chi connectivity index (χ0n) is 10.9. The molecule has 1 N–H and O–H groups in total. The molecule has 19 heavy (non-hydrogen) atoms. The molecule has 1 aromatic heterocycles. The van der Waals surface area contributed by atoms with E-state index in [1.54, 1.807) is 10.9 Å². The van der Waals surface area contributed by atoms with Crippen molar-refractivity contribution in [2.24, 2.45) is 7.05 Å². The van der Waals surface area contributed by atoms with Crippen LogP contribution in [0, 0.1) is 0 Å². The number of halogens is 1. The Kier molecular flexibility index (Phi) is 2.85. The van der Waals surface area contributed by atoms with Crippen LogP contribution in [0.2, 0.25) is 0 Å². The lowest BCUT2D eigenvalue weighted by atomic mass is 10.0. The maximum Gasteiger partial charge on any atom is 0.260 e. The van der Waals surface area contributed by atoms with Gasteiger partial charge in [-0.25, -0.2) is 4.39 Å². The minimum atomic E-state index is -1.66. The molecule has 0 spiro atoms. The van der Waals surface area contributed by atoms with Crippen LogP contribution in [0.1, 0.15) is 24.8 Å². The maximum atomic E-state index is 13.9. The number of alkyl halides is 1. The fourth-order valence-electron chi connectivity index (χ4n) is 2.74. The van der Waals surface area contributed by atoms with Gasteiger partial charge in [0.25, 0.3) is 5.91 Å². The van der Waals surface area contributed by atoms with Crippen molar-refractivity contribution in [1.82, 2.24) is 14.7 Å². The molecule has 0 aromatic carbocycles. The summed E-state index contributed by atoms with van der Waals surface area (Å²) < 4.78 is 15.6. The molecule has 1 saturated heterocycles. The molecule has 0 unspecified atom stereocenters. The van der Waals surface area contributed by atoms with E-state index in [1.807, 2.05) is 13.2 Å². The van der Waals surface area contributed by atoms with Crippen LogP contribution < -0.4 is 0 Å². The van der Waals surface area contributed by atoms with Crippen molar-refractivity contribution in [2.75, 3.05) is 6.54 Å². The van der Waals surface area contributed by atoms with Crippen molar-refractivity contribution in [3.63, 3.8) is 0 Å². The van der Waals surface area contributed by atoms with Gasteiger partial charge in [-0.2, -0.15) is 5.10 Å². The van der Waals surface area contributed by atoms with Crippen LogP contribution in [0.15, 0.2) is 12.4 Å². The van der Waals surface area contributed by atoms with Gasteiger partial charge in [0.05, 0.1) is 18.3 Å². The molecule has 6 heteroatoms. The third-order valence-electron chi connectivity index (χ3n) is 4.05. The summed E-state index contributed by atoms with van der Waals surface area (Å²) in [5, 5.41) is 14.1. The molecule has 0 bridgehead atoms. The molecule has 2 heterocycles. The van der Waals surface area contributed by atoms with Crippen molar-refractivity contribution in [1.29, 1.82) is 0 Å². The van der Waals surface area contributed by atoms with E-state index in [4.69, 9.17) is 0 Å². The van der Waals surface area contributed by atoms with Crippen molar-refractivity contribution >= 4 is 5.91 Å². The molecule has 2 aliphatic rings. The Morgan fingerprint density at radius 2 is 2.37 bits per heavy atom. The van der Waals surface area contributed by atoms with Gasteiger partial charge in [-0.3, -0.25) is 9.48 Å². The molecule has 1 saturated carbocycles. The number of likely N-dealkylation sites (tertiary alicyclic amines) is 1. The highest BCUT2D eigenvalue weighted by atomic mass is 19.1. The zero-order chi connectivity index (χ0) is 13.6. The Morgan fingerprint density at radius 1 is 1.63 bits per heavy atom. The minimum absolute atomic E-state index is 0.318. The Balaban J connectivity index is 1.75. The van der Waals surface area contributed by atoms with E-state index in [0.29, 0.717) is 32.2 Å². The topological polar surface area (TPSA) is 58.4 Å². The number of amides is 1. The average Bonchev–Trinajstić information content (AvgIpc) is 2.83. The van der Waals surface area contributed by atoms with E-state index in [-0.39, 0.29) is 6.04 Å². The van der Waals surface area contributed by atoms with Crippen molar-refractivity contribution in [3.8, 4) is 0 Å². The number of aliphatic hydroxyl groups is 1. The Labute approximate surface area is 111 Å². The first kappa shape index (κ1) is 12.6. The van der Waals surface area contributed by atoms with E-state index in [9.17, 15) is 14.3 Å². The monoisotopic (exact) mass is 267 g/mol. The highest BCUT2D eigenvalue weighted by Gasteiger charge is 2.55. The molecule has 3 rings (SSSR count). The third kappa shape index (κ3) is 2.25. The van der Waals surface area contributed by atoms with E-state index in [2.05, 4.69) is 5.10 Å². The molecule has 1 aliphatic heterocycles. The lowest BCUT2D eigenvalue weighted by Crippen LogP contribution is -2.45. The fraction of sp³-hybridized carbons (Fsp3) is 0.692. The van der Waals surface area contributed by atoms with Gasteiger partial charge in [0, 0.05) is 19.8 Å². The summed E-state index contributed by atoms with van der Waals surface area (Å²) in [7, 11) is 1.82. The largest absolute Gasteiger partial charge is 0.391 e. The summed E-state index contributed by atoms with van der Waals surface area (Å²) in [6.45, 7) is 0.441. The molecule has 5 nitrogen and oxygen atoms in total. The van der Waals surface area contributed by atoms with Crippen LogP contribution in [0.4, 0.5) is 4.39 Å². The third-order valence-corrected chi connectivity index (χ3v) is 4.05. The van der Waals surface area contributed by atoms with Crippen LogP contribution in [-0.2, 0) is 18.3 Å². The summed E-state index contributed by atoms with van der Waals surface area (Å²) in [5.74, 6) is -0.446. The standard InChI is InChI=1S/C13H18FN3O2/c1-16-8-9(7-15-16)6-10-11(18)2-5-17(10)12(19)13(14)3-4-13/h7-8,10-11,18H,2-6H2,1H3/t10-,11-/m0/s1. The number of carbonyl (C=O) groups excluding carboxylic acids is 1. The Morgan fingerprint density at radius 3 is 2.95 bits per heavy atom. The van der Waals surface area contributed by atoms with Crippen molar-refractivity contribution in [3.05, 3.63) is 18.0 Å². The first-order valence-electron chi connectivity index (χ1n) is 6.65. The number of aromatic nitrogens is 2. The van der Waals surface area contributed by atoms with Gasteiger partial charge in [0.2, 0.25) is 0 Å². The normalized spacial score (nSPS) is 28.7. The molecular formula is C13H18FN3O2. The van der Waals surface area contributed by atoms with Crippen molar-refractivity contribution < 1.29 is 14.3 Å². The summed E-state index contributed by atoms with van der Waals surface area (Å²) >= 11 is 0. The second kappa shape index (κ2) is 4.30. The smallest absolute Gasteiger partial charge is 0.260 e. The molecule has 1 aliphatic carbocycles. The van der Waals surface area contributed by atoms with Gasteiger partial charge in [-0.15, -0.1) is 0 Å². The second-order valence-electron chi connectivity index (χ2n) is 5.61. The highest BCUT2D eigenvalue weighted by Crippen LogP contribution is 2.43. The van der Waals surface area contributed by atoms with Gasteiger partial charge in [0.1, 0.15) is 0 Å². The predicted octanol–water partition coefficient (Wildman–Crippen LogP) is 0.426. The van der Waals surface area contributed by atoms with Gasteiger partial charge in [-0.05, 0) is 31.2 Å². The Bertz CT molecular complexity index is 498. The average molecular weight is 267 g/mol. The first-order chi connectivity index (χ1) is 8.99. The molecule has 2 fully saturated rings. The second-order valence-corrected chi connectivity index (χ2v) is 5.61. The van der Waals surface area contributed by atoms with E-state index < -0.39 is 17.7 Å². The SMILES string of the molecule is Cn1cc(C[C@H]2[C@@H](O)CCN2C(=O)C2(F)CC2)cn1. The molecule has 1 amide bonds. The quantitative estimate of drug-likeness (QED) is 0.864. The predicted molar refractivity (Wildman–Crippen MR) is 66.1 cm³/mol. The van der Waals surface area contributed by atoms with Crippen LogP contribution in [0.3, 0.4) is 0 Å². The van der Waals surface area contributed by atoms with E-state index >= 15 is 0 Å². The fourth-order valence-corrected chi connectivity index (χ4v) is 2.74. The number of hydrogen-bond donors (Lipinski definition) is 1. The minimum Gasteiger partial charge on any atom is -0.391 e. The summed E-state index contributed by atoms with van der Waals surface area (Å²) in [5.41, 5.74) is -0.702. The van der Waals surface area contributed by atoms with E-state index in [1.165, 1.54) is 4.90 Å². The number of nitrogens with zero attached hydrogens (tertiary/aromatic N) is 3. The molecule has 2 atom stereocenters. The van der Waals surface area contributed by atoms with Gasteiger partial charge in [0.15, 0.2) is 5.67 Å². The number of aryl methyl sites for hydroxylation is 1. The lowest BCUT2D eigenvalue weighted by molar-refractivity contribution is -0.139.